The molecule has 0 unspecified atom stereocenters. The summed E-state index contributed by atoms with van der Waals surface area (Å²) in [4.78, 5) is 16.0. The summed E-state index contributed by atoms with van der Waals surface area (Å²) in [5, 5.41) is 12.6. The van der Waals surface area contributed by atoms with Gasteiger partial charge in [-0.25, -0.2) is 18.8 Å². The summed E-state index contributed by atoms with van der Waals surface area (Å²) in [6, 6.07) is 12.4. The number of halogens is 2. The molecular formula is C17H14ClFN6O2. The largest absolute Gasteiger partial charge is 0.382 e. The smallest absolute Gasteiger partial charge is 0.319 e. The fraction of sp³-hybridized carbons (Fsp3) is 0.0588. The predicted octanol–water partition coefficient (Wildman–Crippen LogP) is 3.22. The monoisotopic (exact) mass is 388 g/mol. The Kier molecular flexibility index (Phi) is 5.62. The van der Waals surface area contributed by atoms with Gasteiger partial charge in [0.1, 0.15) is 11.5 Å². The fourth-order valence-electron chi connectivity index (χ4n) is 2.12. The van der Waals surface area contributed by atoms with Crippen LogP contribution in [0.4, 0.5) is 20.6 Å². The zero-order valence-electron chi connectivity index (χ0n) is 13.8. The number of benzene rings is 2. The first kappa shape index (κ1) is 18.3. The van der Waals surface area contributed by atoms with Crippen LogP contribution in [0.5, 0.6) is 0 Å². The Hall–Kier alpha value is -3.46. The highest BCUT2D eigenvalue weighted by atomic mass is 35.5. The first-order valence-electron chi connectivity index (χ1n) is 7.74. The Morgan fingerprint density at radius 2 is 2.00 bits per heavy atom. The lowest BCUT2D eigenvalue weighted by atomic mass is 10.2. The average molecular weight is 389 g/mol. The Bertz CT molecular complexity index is 977. The number of urea groups is 1. The van der Waals surface area contributed by atoms with E-state index in [-0.39, 0.29) is 28.8 Å². The molecule has 0 aliphatic rings. The zero-order valence-corrected chi connectivity index (χ0v) is 14.6. The Morgan fingerprint density at radius 1 is 1.22 bits per heavy atom. The molecule has 0 fully saturated rings. The Balaban J connectivity index is 1.67. The minimum atomic E-state index is -0.563. The lowest BCUT2D eigenvalue weighted by Gasteiger charge is -2.06. The van der Waals surface area contributed by atoms with E-state index in [1.165, 1.54) is 18.2 Å². The van der Waals surface area contributed by atoms with Crippen molar-refractivity contribution < 1.29 is 13.8 Å². The van der Waals surface area contributed by atoms with Gasteiger partial charge in [-0.1, -0.05) is 35.0 Å². The minimum absolute atomic E-state index is 0.0118. The molecule has 0 bridgehead atoms. The molecule has 0 aliphatic carbocycles. The summed E-state index contributed by atoms with van der Waals surface area (Å²) in [6.45, 7) is 0.0118. The number of amides is 2. The molecule has 138 valence electrons. The predicted molar refractivity (Wildman–Crippen MR) is 98.4 cm³/mol. The van der Waals surface area contributed by atoms with Gasteiger partial charge in [0.2, 0.25) is 0 Å². The highest BCUT2D eigenvalue weighted by molar-refractivity contribution is 6.31. The molecule has 0 saturated heterocycles. The highest BCUT2D eigenvalue weighted by Crippen LogP contribution is 2.22. The van der Waals surface area contributed by atoms with Gasteiger partial charge in [0.15, 0.2) is 11.5 Å². The number of para-hydroxylation sites is 1. The molecule has 0 spiro atoms. The lowest BCUT2D eigenvalue weighted by Crippen LogP contribution is -2.29. The second kappa shape index (κ2) is 8.28. The molecule has 27 heavy (non-hydrogen) atoms. The molecule has 0 saturated carbocycles. The summed E-state index contributed by atoms with van der Waals surface area (Å²) in [5.74, 6) is -0.578. The lowest BCUT2D eigenvalue weighted by molar-refractivity contribution is 0.251. The molecule has 8 nitrogen and oxygen atoms in total. The minimum Gasteiger partial charge on any atom is -0.382 e. The summed E-state index contributed by atoms with van der Waals surface area (Å²) < 4.78 is 17.9. The number of nitrogens with two attached hydrogens (primary N) is 1. The molecule has 0 atom stereocenters. The maximum absolute atomic E-state index is 13.2. The van der Waals surface area contributed by atoms with Crippen molar-refractivity contribution in [2.75, 3.05) is 5.32 Å². The van der Waals surface area contributed by atoms with E-state index in [1.807, 2.05) is 6.07 Å². The van der Waals surface area contributed by atoms with Crippen LogP contribution in [0, 0.1) is 5.82 Å². The van der Waals surface area contributed by atoms with E-state index in [0.29, 0.717) is 11.4 Å². The molecule has 2 aromatic carbocycles. The van der Waals surface area contributed by atoms with E-state index < -0.39 is 11.8 Å². The number of hydrogen-bond acceptors (Lipinski definition) is 5. The molecule has 0 radical (unpaired) electrons. The molecular weight excluding hydrogens is 375 g/mol. The number of aromatic nitrogens is 2. The Morgan fingerprint density at radius 3 is 2.74 bits per heavy atom. The third-order valence-electron chi connectivity index (χ3n) is 3.40. The SMILES string of the molecule is NC(=Nc1ccc(F)c(Cl)c1)c1nonc1CNC(=O)Nc1ccccc1. The van der Waals surface area contributed by atoms with Crippen LogP contribution in [0.25, 0.3) is 0 Å². The number of rotatable bonds is 5. The van der Waals surface area contributed by atoms with Crippen molar-refractivity contribution in [3.05, 3.63) is 70.8 Å². The molecule has 1 aromatic heterocycles. The summed E-state index contributed by atoms with van der Waals surface area (Å²) in [7, 11) is 0. The topological polar surface area (TPSA) is 118 Å². The number of nitrogens with one attached hydrogen (secondary N) is 2. The van der Waals surface area contributed by atoms with Crippen LogP contribution in [0.15, 0.2) is 58.2 Å². The Labute approximate surface area is 158 Å². The molecule has 2 amide bonds. The van der Waals surface area contributed by atoms with E-state index in [4.69, 9.17) is 17.3 Å². The molecule has 0 aliphatic heterocycles. The summed E-state index contributed by atoms with van der Waals surface area (Å²) in [5.41, 5.74) is 7.34. The maximum Gasteiger partial charge on any atom is 0.319 e. The molecule has 10 heteroatoms. The van der Waals surface area contributed by atoms with Gasteiger partial charge in [0, 0.05) is 5.69 Å². The number of carbonyl (C=O) groups is 1. The average Bonchev–Trinajstić information content (AvgIpc) is 3.13. The van der Waals surface area contributed by atoms with Gasteiger partial charge < -0.3 is 16.4 Å². The summed E-state index contributed by atoms with van der Waals surface area (Å²) in [6.07, 6.45) is 0. The quantitative estimate of drug-likeness (QED) is 0.458. The van der Waals surface area contributed by atoms with Crippen molar-refractivity contribution in [1.29, 1.82) is 0 Å². The van der Waals surface area contributed by atoms with Crippen molar-refractivity contribution in [2.24, 2.45) is 10.7 Å². The van der Waals surface area contributed by atoms with Gasteiger partial charge in [-0.3, -0.25) is 0 Å². The van der Waals surface area contributed by atoms with Crippen LogP contribution < -0.4 is 16.4 Å². The van der Waals surface area contributed by atoms with Gasteiger partial charge in [0.05, 0.1) is 17.3 Å². The first-order chi connectivity index (χ1) is 13.0. The number of carbonyl (C=O) groups excluding carboxylic acids is 1. The van der Waals surface area contributed by atoms with E-state index in [0.717, 1.165) is 0 Å². The third-order valence-corrected chi connectivity index (χ3v) is 3.69. The van der Waals surface area contributed by atoms with E-state index >= 15 is 0 Å². The number of amidine groups is 1. The van der Waals surface area contributed by atoms with Gasteiger partial charge in [-0.2, -0.15) is 0 Å². The van der Waals surface area contributed by atoms with E-state index in [2.05, 4.69) is 30.6 Å². The van der Waals surface area contributed by atoms with Gasteiger partial charge in [-0.05, 0) is 35.5 Å². The van der Waals surface area contributed by atoms with Crippen LogP contribution in [-0.4, -0.2) is 22.2 Å². The van der Waals surface area contributed by atoms with E-state index in [9.17, 15) is 9.18 Å². The number of aliphatic imine (C=N–C) groups is 1. The van der Waals surface area contributed by atoms with Crippen LogP contribution >= 0.6 is 11.6 Å². The highest BCUT2D eigenvalue weighted by Gasteiger charge is 2.15. The fourth-order valence-corrected chi connectivity index (χ4v) is 2.30. The zero-order chi connectivity index (χ0) is 19.2. The van der Waals surface area contributed by atoms with E-state index in [1.54, 1.807) is 24.3 Å². The normalized spacial score (nSPS) is 11.3. The van der Waals surface area contributed by atoms with Gasteiger partial charge in [0.25, 0.3) is 0 Å². The van der Waals surface area contributed by atoms with Crippen molar-refractivity contribution in [2.45, 2.75) is 6.54 Å². The molecule has 3 aromatic rings. The van der Waals surface area contributed by atoms with Gasteiger partial charge >= 0.3 is 6.03 Å². The van der Waals surface area contributed by atoms with Crippen LogP contribution in [0.3, 0.4) is 0 Å². The maximum atomic E-state index is 13.2. The van der Waals surface area contributed by atoms with Gasteiger partial charge in [-0.15, -0.1) is 0 Å². The molecule has 1 heterocycles. The number of anilines is 1. The molecule has 4 N–H and O–H groups in total. The first-order valence-corrected chi connectivity index (χ1v) is 8.11. The van der Waals surface area contributed by atoms with Crippen LogP contribution in [-0.2, 0) is 6.54 Å². The van der Waals surface area contributed by atoms with Crippen molar-refractivity contribution in [1.82, 2.24) is 15.6 Å². The second-order valence-electron chi connectivity index (χ2n) is 5.33. The van der Waals surface area contributed by atoms with Crippen molar-refractivity contribution in [3.8, 4) is 0 Å². The number of nitrogens with zero attached hydrogens (tertiary/aromatic N) is 3. The van der Waals surface area contributed by atoms with Crippen molar-refractivity contribution >= 4 is 34.8 Å². The number of hydrogen-bond donors (Lipinski definition) is 3. The second-order valence-corrected chi connectivity index (χ2v) is 5.74. The van der Waals surface area contributed by atoms with Crippen molar-refractivity contribution in [3.63, 3.8) is 0 Å². The molecule has 3 rings (SSSR count). The van der Waals surface area contributed by atoms with Crippen LogP contribution in [0.1, 0.15) is 11.4 Å². The summed E-state index contributed by atoms with van der Waals surface area (Å²) >= 11 is 5.72. The third kappa shape index (κ3) is 4.79. The van der Waals surface area contributed by atoms with Crippen LogP contribution in [0.2, 0.25) is 5.02 Å². The standard InChI is InChI=1S/C17H14ClFN6O2/c18-12-8-11(6-7-13(12)19)22-16(20)15-14(24-27-25-15)9-21-17(26)23-10-4-2-1-3-5-10/h1-8H,9H2,(H2,20,22)(H2,21,23,26).